The summed E-state index contributed by atoms with van der Waals surface area (Å²) in [5.41, 5.74) is 1.55. The SMILES string of the molecule is CC(C)Oc1cnn(-c2ccc(Cl)cc2)c(=O)c1Nc1cccc(C(=O)NC2CC2)c1. The molecule has 3 aromatic rings. The average molecular weight is 439 g/mol. The Morgan fingerprint density at radius 3 is 2.61 bits per heavy atom. The molecule has 31 heavy (non-hydrogen) atoms. The molecule has 7 nitrogen and oxygen atoms in total. The van der Waals surface area contributed by atoms with E-state index >= 15 is 0 Å². The van der Waals surface area contributed by atoms with Crippen LogP contribution in [0.5, 0.6) is 5.75 Å². The van der Waals surface area contributed by atoms with Gasteiger partial charge in [0.05, 0.1) is 18.0 Å². The Morgan fingerprint density at radius 1 is 1.19 bits per heavy atom. The van der Waals surface area contributed by atoms with Crippen molar-refractivity contribution in [3.63, 3.8) is 0 Å². The zero-order valence-electron chi connectivity index (χ0n) is 17.3. The monoisotopic (exact) mass is 438 g/mol. The van der Waals surface area contributed by atoms with Crippen molar-refractivity contribution in [3.8, 4) is 11.4 Å². The van der Waals surface area contributed by atoms with Crippen LogP contribution in [0, 0.1) is 0 Å². The lowest BCUT2D eigenvalue weighted by atomic mass is 10.2. The number of halogens is 1. The molecule has 1 aliphatic rings. The number of ether oxygens (including phenoxy) is 1. The standard InChI is InChI=1S/C23H23ClN4O3/c1-14(2)31-20-13-25-28(19-10-6-16(24)7-11-19)23(30)21(20)26-18-5-3-4-15(12-18)22(29)27-17-8-9-17/h3-7,10-14,17,26H,8-9H2,1-2H3,(H,27,29). The highest BCUT2D eigenvalue weighted by molar-refractivity contribution is 6.30. The Labute approximate surface area is 185 Å². The van der Waals surface area contributed by atoms with Crippen LogP contribution in [-0.2, 0) is 0 Å². The Hall–Kier alpha value is -3.32. The van der Waals surface area contributed by atoms with Crippen molar-refractivity contribution in [2.45, 2.75) is 38.8 Å². The van der Waals surface area contributed by atoms with Crippen molar-refractivity contribution in [3.05, 3.63) is 75.7 Å². The predicted octanol–water partition coefficient (Wildman–Crippen LogP) is 4.31. The molecule has 4 rings (SSSR count). The van der Waals surface area contributed by atoms with E-state index in [0.29, 0.717) is 27.7 Å². The number of anilines is 2. The van der Waals surface area contributed by atoms with E-state index < -0.39 is 0 Å². The van der Waals surface area contributed by atoms with Gasteiger partial charge in [-0.2, -0.15) is 9.78 Å². The molecule has 0 unspecified atom stereocenters. The number of aromatic nitrogens is 2. The molecule has 1 aromatic heterocycles. The maximum absolute atomic E-state index is 13.3. The van der Waals surface area contributed by atoms with Gasteiger partial charge in [0.25, 0.3) is 11.5 Å². The second-order valence-electron chi connectivity index (χ2n) is 7.70. The summed E-state index contributed by atoms with van der Waals surface area (Å²) in [5.74, 6) is 0.205. The first-order valence-corrected chi connectivity index (χ1v) is 10.5. The normalized spacial score (nSPS) is 13.2. The fourth-order valence-electron chi connectivity index (χ4n) is 3.04. The van der Waals surface area contributed by atoms with Crippen LogP contribution in [-0.4, -0.2) is 27.8 Å². The Kier molecular flexibility index (Phi) is 5.95. The number of nitrogens with one attached hydrogen (secondary N) is 2. The van der Waals surface area contributed by atoms with Gasteiger partial charge in [0, 0.05) is 22.3 Å². The van der Waals surface area contributed by atoms with Crippen LogP contribution in [0.1, 0.15) is 37.0 Å². The van der Waals surface area contributed by atoms with Crippen molar-refractivity contribution >= 4 is 28.9 Å². The number of amides is 1. The van der Waals surface area contributed by atoms with Crippen molar-refractivity contribution in [1.82, 2.24) is 15.1 Å². The molecule has 2 N–H and O–H groups in total. The van der Waals surface area contributed by atoms with Gasteiger partial charge in [0.2, 0.25) is 0 Å². The van der Waals surface area contributed by atoms with E-state index in [1.165, 1.54) is 10.9 Å². The molecule has 0 atom stereocenters. The maximum atomic E-state index is 13.3. The van der Waals surface area contributed by atoms with Crippen molar-refractivity contribution in [1.29, 1.82) is 0 Å². The van der Waals surface area contributed by atoms with E-state index in [4.69, 9.17) is 16.3 Å². The van der Waals surface area contributed by atoms with E-state index in [-0.39, 0.29) is 29.3 Å². The summed E-state index contributed by atoms with van der Waals surface area (Å²) in [6, 6.07) is 14.1. The molecule has 2 aromatic carbocycles. The summed E-state index contributed by atoms with van der Waals surface area (Å²) < 4.78 is 7.08. The van der Waals surface area contributed by atoms with Crippen LogP contribution < -0.4 is 20.9 Å². The number of hydrogen-bond donors (Lipinski definition) is 2. The van der Waals surface area contributed by atoms with Crippen LogP contribution >= 0.6 is 11.6 Å². The Bertz CT molecular complexity index is 1150. The number of nitrogens with zero attached hydrogens (tertiary/aromatic N) is 2. The fourth-order valence-corrected chi connectivity index (χ4v) is 3.17. The minimum absolute atomic E-state index is 0.127. The van der Waals surface area contributed by atoms with Gasteiger partial charge in [-0.25, -0.2) is 0 Å². The molecule has 0 aliphatic heterocycles. The molecular formula is C23H23ClN4O3. The van der Waals surface area contributed by atoms with Crippen molar-refractivity contribution in [2.75, 3.05) is 5.32 Å². The van der Waals surface area contributed by atoms with E-state index in [1.54, 1.807) is 48.5 Å². The van der Waals surface area contributed by atoms with E-state index in [2.05, 4.69) is 15.7 Å². The quantitative estimate of drug-likeness (QED) is 0.574. The molecule has 1 fully saturated rings. The lowest BCUT2D eigenvalue weighted by Crippen LogP contribution is -2.26. The Morgan fingerprint density at radius 2 is 1.94 bits per heavy atom. The van der Waals surface area contributed by atoms with E-state index in [0.717, 1.165) is 12.8 Å². The molecule has 0 spiro atoms. The van der Waals surface area contributed by atoms with Gasteiger partial charge in [0.15, 0.2) is 11.4 Å². The molecule has 1 saturated carbocycles. The molecule has 1 aliphatic carbocycles. The zero-order chi connectivity index (χ0) is 22.0. The molecule has 8 heteroatoms. The van der Waals surface area contributed by atoms with E-state index in [1.807, 2.05) is 13.8 Å². The summed E-state index contributed by atoms with van der Waals surface area (Å²) in [4.78, 5) is 25.7. The fraction of sp³-hybridized carbons (Fsp3) is 0.261. The largest absolute Gasteiger partial charge is 0.487 e. The summed E-state index contributed by atoms with van der Waals surface area (Å²) in [7, 11) is 0. The molecule has 160 valence electrons. The van der Waals surface area contributed by atoms with Crippen LogP contribution in [0.2, 0.25) is 5.02 Å². The van der Waals surface area contributed by atoms with Gasteiger partial charge in [-0.3, -0.25) is 9.59 Å². The van der Waals surface area contributed by atoms with Crippen LogP contribution in [0.15, 0.2) is 59.5 Å². The van der Waals surface area contributed by atoms with Crippen LogP contribution in [0.4, 0.5) is 11.4 Å². The first-order chi connectivity index (χ1) is 14.9. The third kappa shape index (κ3) is 5.06. The molecule has 0 saturated heterocycles. The lowest BCUT2D eigenvalue weighted by molar-refractivity contribution is 0.0951. The first kappa shape index (κ1) is 20.9. The van der Waals surface area contributed by atoms with Gasteiger partial charge in [-0.15, -0.1) is 0 Å². The number of rotatable bonds is 7. The molecule has 0 bridgehead atoms. The van der Waals surface area contributed by atoms with Crippen molar-refractivity contribution in [2.24, 2.45) is 0 Å². The molecule has 1 amide bonds. The van der Waals surface area contributed by atoms with Gasteiger partial charge >= 0.3 is 0 Å². The minimum Gasteiger partial charge on any atom is -0.487 e. The summed E-state index contributed by atoms with van der Waals surface area (Å²) in [6.07, 6.45) is 3.38. The third-order valence-electron chi connectivity index (χ3n) is 4.68. The topological polar surface area (TPSA) is 85.2 Å². The number of carbonyl (C=O) groups is 1. The van der Waals surface area contributed by atoms with Crippen LogP contribution in [0.3, 0.4) is 0 Å². The minimum atomic E-state index is -0.381. The lowest BCUT2D eigenvalue weighted by Gasteiger charge is -2.16. The summed E-state index contributed by atoms with van der Waals surface area (Å²) >= 11 is 5.96. The van der Waals surface area contributed by atoms with Crippen molar-refractivity contribution < 1.29 is 9.53 Å². The highest BCUT2D eigenvalue weighted by atomic mass is 35.5. The number of carbonyl (C=O) groups excluding carboxylic acids is 1. The number of hydrogen-bond acceptors (Lipinski definition) is 5. The van der Waals surface area contributed by atoms with Gasteiger partial charge in [-0.1, -0.05) is 17.7 Å². The van der Waals surface area contributed by atoms with Gasteiger partial charge in [-0.05, 0) is 69.2 Å². The van der Waals surface area contributed by atoms with E-state index in [9.17, 15) is 9.59 Å². The Balaban J connectivity index is 1.70. The van der Waals surface area contributed by atoms with Gasteiger partial charge < -0.3 is 15.4 Å². The predicted molar refractivity (Wildman–Crippen MR) is 121 cm³/mol. The highest BCUT2D eigenvalue weighted by Gasteiger charge is 2.24. The zero-order valence-corrected chi connectivity index (χ0v) is 18.0. The van der Waals surface area contributed by atoms with Crippen LogP contribution in [0.25, 0.3) is 5.69 Å². The number of benzene rings is 2. The van der Waals surface area contributed by atoms with Gasteiger partial charge in [0.1, 0.15) is 0 Å². The first-order valence-electron chi connectivity index (χ1n) is 10.1. The smallest absolute Gasteiger partial charge is 0.299 e. The average Bonchev–Trinajstić information content (AvgIpc) is 3.55. The molecular weight excluding hydrogens is 416 g/mol. The summed E-state index contributed by atoms with van der Waals surface area (Å²) in [6.45, 7) is 3.74. The molecule has 0 radical (unpaired) electrons. The highest BCUT2D eigenvalue weighted by Crippen LogP contribution is 2.26. The molecule has 1 heterocycles. The third-order valence-corrected chi connectivity index (χ3v) is 4.94. The second-order valence-corrected chi connectivity index (χ2v) is 8.13. The second kappa shape index (κ2) is 8.81. The maximum Gasteiger partial charge on any atom is 0.299 e. The summed E-state index contributed by atoms with van der Waals surface area (Å²) in [5, 5.41) is 10.9.